The van der Waals surface area contributed by atoms with Crippen molar-refractivity contribution in [3.8, 4) is 5.75 Å². The fourth-order valence-corrected chi connectivity index (χ4v) is 3.40. The second-order valence-electron chi connectivity index (χ2n) is 7.66. The lowest BCUT2D eigenvalue weighted by atomic mass is 10.1. The lowest BCUT2D eigenvalue weighted by Gasteiger charge is -2.36. The van der Waals surface area contributed by atoms with E-state index in [2.05, 4.69) is 15.5 Å². The molecule has 0 radical (unpaired) electrons. The Bertz CT molecular complexity index is 842. The van der Waals surface area contributed by atoms with Gasteiger partial charge in [0.15, 0.2) is 0 Å². The number of methoxy groups -OCH3 is 1. The molecule has 3 amide bonds. The maximum Gasteiger partial charge on any atom is 0.315 e. The third-order valence-corrected chi connectivity index (χ3v) is 5.08. The van der Waals surface area contributed by atoms with Gasteiger partial charge >= 0.3 is 6.03 Å². The second-order valence-corrected chi connectivity index (χ2v) is 7.66. The zero-order valence-corrected chi connectivity index (χ0v) is 17.9. The minimum Gasteiger partial charge on any atom is -0.497 e. The number of urea groups is 1. The molecule has 1 saturated heterocycles. The van der Waals surface area contributed by atoms with Crippen LogP contribution in [0.5, 0.6) is 5.75 Å². The molecule has 160 valence electrons. The highest BCUT2D eigenvalue weighted by Gasteiger charge is 2.22. The topological polar surface area (TPSA) is 73.9 Å². The van der Waals surface area contributed by atoms with Crippen molar-refractivity contribution in [2.75, 3.05) is 38.2 Å². The van der Waals surface area contributed by atoms with Gasteiger partial charge in [-0.2, -0.15) is 0 Å². The fraction of sp³-hybridized carbons (Fsp3) is 0.391. The van der Waals surface area contributed by atoms with Crippen molar-refractivity contribution in [1.82, 2.24) is 15.5 Å². The number of nitrogens with one attached hydrogen (secondary N) is 2. The quantitative estimate of drug-likeness (QED) is 0.768. The Morgan fingerprint density at radius 2 is 1.60 bits per heavy atom. The average molecular weight is 411 g/mol. The number of rotatable bonds is 6. The van der Waals surface area contributed by atoms with E-state index in [1.165, 1.54) is 0 Å². The predicted octanol–water partition coefficient (Wildman–Crippen LogP) is 2.87. The third kappa shape index (κ3) is 5.65. The van der Waals surface area contributed by atoms with E-state index >= 15 is 0 Å². The van der Waals surface area contributed by atoms with Crippen LogP contribution in [0.15, 0.2) is 48.5 Å². The molecule has 1 fully saturated rings. The summed E-state index contributed by atoms with van der Waals surface area (Å²) in [4.78, 5) is 28.7. The van der Waals surface area contributed by atoms with Gasteiger partial charge < -0.3 is 25.2 Å². The van der Waals surface area contributed by atoms with Gasteiger partial charge in [0.25, 0.3) is 5.91 Å². The third-order valence-electron chi connectivity index (χ3n) is 5.08. The Morgan fingerprint density at radius 3 is 2.17 bits per heavy atom. The summed E-state index contributed by atoms with van der Waals surface area (Å²) in [6.45, 7) is 7.21. The number of hydrogen-bond acceptors (Lipinski definition) is 4. The van der Waals surface area contributed by atoms with Gasteiger partial charge in [-0.05, 0) is 55.8 Å². The Morgan fingerprint density at radius 1 is 0.967 bits per heavy atom. The van der Waals surface area contributed by atoms with Crippen molar-refractivity contribution in [3.63, 3.8) is 0 Å². The number of amides is 3. The lowest BCUT2D eigenvalue weighted by Crippen LogP contribution is -2.48. The van der Waals surface area contributed by atoms with Crippen molar-refractivity contribution in [2.24, 2.45) is 0 Å². The second kappa shape index (κ2) is 10.0. The summed E-state index contributed by atoms with van der Waals surface area (Å²) in [6.07, 6.45) is 0. The van der Waals surface area contributed by atoms with Gasteiger partial charge in [0.05, 0.1) is 7.11 Å². The van der Waals surface area contributed by atoms with Gasteiger partial charge in [-0.15, -0.1) is 0 Å². The van der Waals surface area contributed by atoms with Crippen LogP contribution in [0.3, 0.4) is 0 Å². The molecule has 7 heteroatoms. The van der Waals surface area contributed by atoms with E-state index in [-0.39, 0.29) is 18.0 Å². The standard InChI is InChI=1S/C23H30N4O3/c1-17(2)25-23(29)24-16-18-4-6-19(7-5-18)22(28)27-14-12-26(13-15-27)20-8-10-21(30-3)11-9-20/h4-11,17H,12-16H2,1-3H3,(H2,24,25,29). The Labute approximate surface area is 178 Å². The van der Waals surface area contributed by atoms with Crippen molar-refractivity contribution in [2.45, 2.75) is 26.4 Å². The smallest absolute Gasteiger partial charge is 0.315 e. The van der Waals surface area contributed by atoms with Crippen LogP contribution in [-0.2, 0) is 6.54 Å². The maximum absolute atomic E-state index is 12.8. The maximum atomic E-state index is 12.8. The molecule has 0 aromatic heterocycles. The lowest BCUT2D eigenvalue weighted by molar-refractivity contribution is 0.0746. The van der Waals surface area contributed by atoms with Crippen molar-refractivity contribution >= 4 is 17.6 Å². The molecule has 0 saturated carbocycles. The van der Waals surface area contributed by atoms with Crippen LogP contribution in [0, 0.1) is 0 Å². The number of carbonyl (C=O) groups is 2. The van der Waals surface area contributed by atoms with E-state index in [0.29, 0.717) is 25.2 Å². The van der Waals surface area contributed by atoms with Crippen LogP contribution >= 0.6 is 0 Å². The van der Waals surface area contributed by atoms with Crippen LogP contribution in [0.1, 0.15) is 29.8 Å². The first-order valence-corrected chi connectivity index (χ1v) is 10.3. The monoisotopic (exact) mass is 410 g/mol. The molecule has 3 rings (SSSR count). The molecule has 30 heavy (non-hydrogen) atoms. The van der Waals surface area contributed by atoms with Crippen molar-refractivity contribution < 1.29 is 14.3 Å². The van der Waals surface area contributed by atoms with Crippen LogP contribution in [0.25, 0.3) is 0 Å². The molecule has 1 aliphatic heterocycles. The largest absolute Gasteiger partial charge is 0.497 e. The molecule has 1 heterocycles. The summed E-state index contributed by atoms with van der Waals surface area (Å²) >= 11 is 0. The summed E-state index contributed by atoms with van der Waals surface area (Å²) in [5.41, 5.74) is 2.76. The van der Waals surface area contributed by atoms with Crippen LogP contribution in [0.2, 0.25) is 0 Å². The number of ether oxygens (including phenoxy) is 1. The molecular weight excluding hydrogens is 380 g/mol. The van der Waals surface area contributed by atoms with Crippen LogP contribution in [-0.4, -0.2) is 56.2 Å². The van der Waals surface area contributed by atoms with Gasteiger partial charge in [0.2, 0.25) is 0 Å². The first-order valence-electron chi connectivity index (χ1n) is 10.3. The SMILES string of the molecule is COc1ccc(N2CCN(C(=O)c3ccc(CNC(=O)NC(C)C)cc3)CC2)cc1. The highest BCUT2D eigenvalue weighted by molar-refractivity contribution is 5.94. The first-order chi connectivity index (χ1) is 14.5. The summed E-state index contributed by atoms with van der Waals surface area (Å²) in [5.74, 6) is 0.883. The highest BCUT2D eigenvalue weighted by atomic mass is 16.5. The molecule has 7 nitrogen and oxygen atoms in total. The minimum atomic E-state index is -0.195. The Balaban J connectivity index is 1.50. The zero-order chi connectivity index (χ0) is 21.5. The number of anilines is 1. The molecule has 0 unspecified atom stereocenters. The molecule has 1 aliphatic rings. The van der Waals surface area contributed by atoms with Gasteiger partial charge in [0.1, 0.15) is 5.75 Å². The van der Waals surface area contributed by atoms with Crippen molar-refractivity contribution in [1.29, 1.82) is 0 Å². The number of hydrogen-bond donors (Lipinski definition) is 2. The van der Waals surface area contributed by atoms with E-state index in [1.807, 2.05) is 67.3 Å². The van der Waals surface area contributed by atoms with Crippen LogP contribution in [0.4, 0.5) is 10.5 Å². The van der Waals surface area contributed by atoms with Gasteiger partial charge in [-0.1, -0.05) is 12.1 Å². The summed E-state index contributed by atoms with van der Waals surface area (Å²) < 4.78 is 5.21. The summed E-state index contributed by atoms with van der Waals surface area (Å²) in [5, 5.41) is 5.60. The number of piperazine rings is 1. The van der Waals surface area contributed by atoms with E-state index in [4.69, 9.17) is 4.74 Å². The van der Waals surface area contributed by atoms with Gasteiger partial charge in [-0.3, -0.25) is 4.79 Å². The first kappa shape index (κ1) is 21.5. The normalized spacial score (nSPS) is 13.9. The molecule has 0 aliphatic carbocycles. The highest BCUT2D eigenvalue weighted by Crippen LogP contribution is 2.21. The van der Waals surface area contributed by atoms with E-state index < -0.39 is 0 Å². The Hall–Kier alpha value is -3.22. The molecule has 2 N–H and O–H groups in total. The van der Waals surface area contributed by atoms with Gasteiger partial charge in [0, 0.05) is 50.0 Å². The summed E-state index contributed by atoms with van der Waals surface area (Å²) in [7, 11) is 1.66. The number of benzene rings is 2. The van der Waals surface area contributed by atoms with Crippen LogP contribution < -0.4 is 20.3 Å². The predicted molar refractivity (Wildman–Crippen MR) is 118 cm³/mol. The van der Waals surface area contributed by atoms with Crippen molar-refractivity contribution in [3.05, 3.63) is 59.7 Å². The molecule has 2 aromatic carbocycles. The van der Waals surface area contributed by atoms with Gasteiger partial charge in [-0.25, -0.2) is 4.79 Å². The van der Waals surface area contributed by atoms with E-state index in [1.54, 1.807) is 7.11 Å². The van der Waals surface area contributed by atoms with E-state index in [0.717, 1.165) is 30.1 Å². The molecule has 2 aromatic rings. The Kier molecular flexibility index (Phi) is 7.17. The molecule has 0 bridgehead atoms. The number of carbonyl (C=O) groups excluding carboxylic acids is 2. The fourth-order valence-electron chi connectivity index (χ4n) is 3.40. The number of nitrogens with zero attached hydrogens (tertiary/aromatic N) is 2. The molecule has 0 spiro atoms. The van der Waals surface area contributed by atoms with E-state index in [9.17, 15) is 9.59 Å². The summed E-state index contributed by atoms with van der Waals surface area (Å²) in [6, 6.07) is 15.3. The average Bonchev–Trinajstić information content (AvgIpc) is 2.77. The minimum absolute atomic E-state index is 0.0430. The molecular formula is C23H30N4O3. The zero-order valence-electron chi connectivity index (χ0n) is 17.9. The molecule has 0 atom stereocenters.